The summed E-state index contributed by atoms with van der Waals surface area (Å²) in [6, 6.07) is 0. The third-order valence-electron chi connectivity index (χ3n) is 2.45. The first-order chi connectivity index (χ1) is 5.77. The van der Waals surface area contributed by atoms with Crippen molar-refractivity contribution in [3.05, 3.63) is 0 Å². The van der Waals surface area contributed by atoms with Crippen molar-refractivity contribution in [3.63, 3.8) is 0 Å². The third-order valence-corrected chi connectivity index (χ3v) is 2.45. The van der Waals surface area contributed by atoms with Crippen LogP contribution in [0.15, 0.2) is 0 Å². The lowest BCUT2D eigenvalue weighted by Gasteiger charge is -2.32. The normalized spacial score (nSPS) is 21.8. The summed E-state index contributed by atoms with van der Waals surface area (Å²) in [5, 5.41) is 0. The maximum absolute atomic E-state index is 9.85. The van der Waals surface area contributed by atoms with Crippen LogP contribution in [0.5, 0.6) is 0 Å². The van der Waals surface area contributed by atoms with Crippen molar-refractivity contribution in [2.45, 2.75) is 44.6 Å². The fraction of sp³-hybridized carbons (Fsp3) is 0.889. The largest absolute Gasteiger partial charge is 0.441 e. The van der Waals surface area contributed by atoms with Gasteiger partial charge in [0, 0.05) is 0 Å². The fourth-order valence-electron chi connectivity index (χ4n) is 1.65. The Morgan fingerprint density at radius 1 is 1.33 bits per heavy atom. The van der Waals surface area contributed by atoms with Gasteiger partial charge >= 0.3 is 0 Å². The first-order valence-electron chi connectivity index (χ1n) is 4.46. The van der Waals surface area contributed by atoms with Crippen LogP contribution in [0.25, 0.3) is 0 Å². The zero-order valence-electron chi connectivity index (χ0n) is 7.54. The van der Waals surface area contributed by atoms with Gasteiger partial charge in [-0.2, -0.15) is 0 Å². The van der Waals surface area contributed by atoms with Crippen LogP contribution < -0.4 is 0 Å². The Morgan fingerprint density at radius 3 is 2.58 bits per heavy atom. The molecular formula is C9H16O3. The van der Waals surface area contributed by atoms with Crippen molar-refractivity contribution in [2.75, 3.05) is 6.79 Å². The SMILES string of the molecule is CC1(OCOC=O)CCCCC1. The lowest BCUT2D eigenvalue weighted by molar-refractivity contribution is -0.162. The molecule has 0 atom stereocenters. The lowest BCUT2D eigenvalue weighted by atomic mass is 9.86. The van der Waals surface area contributed by atoms with E-state index in [2.05, 4.69) is 11.7 Å². The van der Waals surface area contributed by atoms with Gasteiger partial charge in [0.05, 0.1) is 5.60 Å². The summed E-state index contributed by atoms with van der Waals surface area (Å²) >= 11 is 0. The molecule has 1 aliphatic rings. The zero-order valence-corrected chi connectivity index (χ0v) is 7.54. The van der Waals surface area contributed by atoms with E-state index in [9.17, 15) is 4.79 Å². The lowest BCUT2D eigenvalue weighted by Crippen LogP contribution is -2.32. The average molecular weight is 172 g/mol. The van der Waals surface area contributed by atoms with E-state index in [1.165, 1.54) is 19.3 Å². The molecule has 0 aliphatic heterocycles. The summed E-state index contributed by atoms with van der Waals surface area (Å²) in [6.45, 7) is 2.60. The summed E-state index contributed by atoms with van der Waals surface area (Å²) in [5.74, 6) is 0. The van der Waals surface area contributed by atoms with Crippen molar-refractivity contribution < 1.29 is 14.3 Å². The van der Waals surface area contributed by atoms with Gasteiger partial charge in [0.1, 0.15) is 0 Å². The van der Waals surface area contributed by atoms with Crippen LogP contribution in [-0.4, -0.2) is 18.9 Å². The molecule has 1 rings (SSSR count). The first kappa shape index (κ1) is 9.52. The van der Waals surface area contributed by atoms with E-state index in [1.54, 1.807) is 0 Å². The van der Waals surface area contributed by atoms with Crippen molar-refractivity contribution in [1.82, 2.24) is 0 Å². The highest BCUT2D eigenvalue weighted by Crippen LogP contribution is 2.30. The van der Waals surface area contributed by atoms with E-state index in [1.807, 2.05) is 0 Å². The second-order valence-corrected chi connectivity index (χ2v) is 3.54. The molecule has 70 valence electrons. The molecule has 0 aromatic rings. The van der Waals surface area contributed by atoms with Gasteiger partial charge < -0.3 is 9.47 Å². The van der Waals surface area contributed by atoms with Crippen molar-refractivity contribution >= 4 is 6.47 Å². The minimum atomic E-state index is -0.0543. The summed E-state index contributed by atoms with van der Waals surface area (Å²) < 4.78 is 9.96. The van der Waals surface area contributed by atoms with Crippen molar-refractivity contribution in [2.24, 2.45) is 0 Å². The van der Waals surface area contributed by atoms with Crippen LogP contribution in [0.2, 0.25) is 0 Å². The number of carbonyl (C=O) groups excluding carboxylic acids is 1. The van der Waals surface area contributed by atoms with Crippen LogP contribution in [0.4, 0.5) is 0 Å². The van der Waals surface area contributed by atoms with Gasteiger partial charge in [0.25, 0.3) is 6.47 Å². The maximum Gasteiger partial charge on any atom is 0.295 e. The molecular weight excluding hydrogens is 156 g/mol. The molecule has 0 radical (unpaired) electrons. The van der Waals surface area contributed by atoms with Gasteiger partial charge in [-0.05, 0) is 19.8 Å². The van der Waals surface area contributed by atoms with Gasteiger partial charge in [-0.15, -0.1) is 0 Å². The first-order valence-corrected chi connectivity index (χ1v) is 4.46. The Hall–Kier alpha value is -0.570. The second kappa shape index (κ2) is 4.45. The van der Waals surface area contributed by atoms with Crippen molar-refractivity contribution in [3.8, 4) is 0 Å². The summed E-state index contributed by atoms with van der Waals surface area (Å²) in [6.07, 6.45) is 5.90. The van der Waals surface area contributed by atoms with Gasteiger partial charge in [-0.25, -0.2) is 0 Å². The van der Waals surface area contributed by atoms with E-state index < -0.39 is 0 Å². The molecule has 0 bridgehead atoms. The summed E-state index contributed by atoms with van der Waals surface area (Å²) in [5.41, 5.74) is -0.0543. The number of rotatable bonds is 4. The minimum Gasteiger partial charge on any atom is -0.441 e. The van der Waals surface area contributed by atoms with Crippen LogP contribution in [0.1, 0.15) is 39.0 Å². The van der Waals surface area contributed by atoms with Gasteiger partial charge in [-0.1, -0.05) is 19.3 Å². The number of hydrogen-bond donors (Lipinski definition) is 0. The predicted molar refractivity (Wildman–Crippen MR) is 44.6 cm³/mol. The topological polar surface area (TPSA) is 35.5 Å². The Bertz CT molecular complexity index is 139. The van der Waals surface area contributed by atoms with Gasteiger partial charge in [-0.3, -0.25) is 4.79 Å². The quantitative estimate of drug-likeness (QED) is 0.369. The Balaban J connectivity index is 2.21. The van der Waals surface area contributed by atoms with E-state index in [-0.39, 0.29) is 12.4 Å². The van der Waals surface area contributed by atoms with E-state index in [0.717, 1.165) is 12.8 Å². The molecule has 0 spiro atoms. The molecule has 0 unspecified atom stereocenters. The zero-order chi connectivity index (χ0) is 8.86. The molecule has 12 heavy (non-hydrogen) atoms. The van der Waals surface area contributed by atoms with Crippen LogP contribution >= 0.6 is 0 Å². The Kier molecular flexibility index (Phi) is 3.53. The predicted octanol–water partition coefficient (Wildman–Crippen LogP) is 1.86. The fourth-order valence-corrected chi connectivity index (χ4v) is 1.65. The summed E-state index contributed by atoms with van der Waals surface area (Å²) in [7, 11) is 0. The van der Waals surface area contributed by atoms with Crippen LogP contribution in [-0.2, 0) is 14.3 Å². The highest BCUT2D eigenvalue weighted by atomic mass is 16.7. The molecule has 3 nitrogen and oxygen atoms in total. The summed E-state index contributed by atoms with van der Waals surface area (Å²) in [4.78, 5) is 9.85. The number of carbonyl (C=O) groups is 1. The molecule has 0 heterocycles. The molecule has 1 fully saturated rings. The van der Waals surface area contributed by atoms with E-state index >= 15 is 0 Å². The number of ether oxygens (including phenoxy) is 2. The molecule has 3 heteroatoms. The Morgan fingerprint density at radius 2 is 2.00 bits per heavy atom. The van der Waals surface area contributed by atoms with E-state index in [4.69, 9.17) is 4.74 Å². The highest BCUT2D eigenvalue weighted by Gasteiger charge is 2.27. The average Bonchev–Trinajstić information content (AvgIpc) is 2.06. The van der Waals surface area contributed by atoms with Crippen LogP contribution in [0.3, 0.4) is 0 Å². The standard InChI is InChI=1S/C9H16O3/c1-9(12-8-11-7-10)5-3-2-4-6-9/h7H,2-6,8H2,1H3. The molecule has 0 amide bonds. The number of hydrogen-bond acceptors (Lipinski definition) is 3. The van der Waals surface area contributed by atoms with Gasteiger partial charge in [0.2, 0.25) is 0 Å². The van der Waals surface area contributed by atoms with E-state index in [0.29, 0.717) is 6.47 Å². The van der Waals surface area contributed by atoms with Gasteiger partial charge in [0.15, 0.2) is 6.79 Å². The second-order valence-electron chi connectivity index (χ2n) is 3.54. The highest BCUT2D eigenvalue weighted by molar-refractivity contribution is 5.36. The minimum absolute atomic E-state index is 0.0543. The molecule has 1 saturated carbocycles. The molecule has 0 saturated heterocycles. The smallest absolute Gasteiger partial charge is 0.295 e. The third kappa shape index (κ3) is 2.81. The maximum atomic E-state index is 9.85. The molecule has 0 aromatic carbocycles. The van der Waals surface area contributed by atoms with Crippen molar-refractivity contribution in [1.29, 1.82) is 0 Å². The molecule has 0 aromatic heterocycles. The monoisotopic (exact) mass is 172 g/mol. The molecule has 1 aliphatic carbocycles. The molecule has 0 N–H and O–H groups in total. The van der Waals surface area contributed by atoms with Crippen LogP contribution in [0, 0.1) is 0 Å². The Labute approximate surface area is 73.0 Å².